The van der Waals surface area contributed by atoms with Crippen molar-refractivity contribution in [3.05, 3.63) is 45.2 Å². The summed E-state index contributed by atoms with van der Waals surface area (Å²) < 4.78 is 8.92. The highest BCUT2D eigenvalue weighted by atomic mass is 16.5. The second kappa shape index (κ2) is 6.58. The average molecular weight is 318 g/mol. The summed E-state index contributed by atoms with van der Waals surface area (Å²) in [4.78, 5) is 24.9. The molecular formula is C17H22N2O4. The molecule has 0 saturated heterocycles. The molecule has 0 amide bonds. The molecule has 0 atom stereocenters. The maximum absolute atomic E-state index is 12.8. The number of aliphatic hydroxyl groups is 1. The molecule has 2 aromatic heterocycles. The van der Waals surface area contributed by atoms with Gasteiger partial charge in [-0.2, -0.15) is 0 Å². The van der Waals surface area contributed by atoms with Crippen molar-refractivity contribution in [2.24, 2.45) is 5.92 Å². The van der Waals surface area contributed by atoms with E-state index in [4.69, 9.17) is 9.84 Å². The number of aliphatic hydroxyl groups excluding tert-OH is 1. The van der Waals surface area contributed by atoms with E-state index in [0.717, 1.165) is 25.7 Å². The summed E-state index contributed by atoms with van der Waals surface area (Å²) in [6.07, 6.45) is 8.48. The van der Waals surface area contributed by atoms with Crippen molar-refractivity contribution in [1.82, 2.24) is 8.97 Å². The Labute approximate surface area is 133 Å². The van der Waals surface area contributed by atoms with Gasteiger partial charge in [-0.25, -0.2) is 0 Å². The largest absolute Gasteiger partial charge is 0.487 e. The Balaban J connectivity index is 2.03. The third kappa shape index (κ3) is 2.91. The molecule has 2 heterocycles. The minimum absolute atomic E-state index is 0.0865. The van der Waals surface area contributed by atoms with Crippen molar-refractivity contribution < 1.29 is 9.84 Å². The Kier molecular flexibility index (Phi) is 4.52. The van der Waals surface area contributed by atoms with Crippen LogP contribution in [0.3, 0.4) is 0 Å². The summed E-state index contributed by atoms with van der Waals surface area (Å²) >= 11 is 0. The highest BCUT2D eigenvalue weighted by molar-refractivity contribution is 5.58. The standard InChI is InChI=1S/C17H22N2O4/c1-2-3-8-23-16-14(21)4-5-18-6-7-19(17(22)15(16)18)13-9-12(10-13)11-20/h4-7,12-13,20H,2-3,8-11H2,1H3. The fourth-order valence-electron chi connectivity index (χ4n) is 3.02. The van der Waals surface area contributed by atoms with E-state index in [1.165, 1.54) is 6.07 Å². The number of hydrogen-bond acceptors (Lipinski definition) is 4. The molecule has 0 aromatic carbocycles. The quantitative estimate of drug-likeness (QED) is 0.821. The third-order valence-electron chi connectivity index (χ3n) is 4.52. The van der Waals surface area contributed by atoms with Crippen molar-refractivity contribution in [2.45, 2.75) is 38.6 Å². The molecule has 0 unspecified atom stereocenters. The number of hydrogen-bond donors (Lipinski definition) is 1. The first-order valence-corrected chi connectivity index (χ1v) is 8.15. The number of pyridine rings is 1. The summed E-state index contributed by atoms with van der Waals surface area (Å²) in [7, 11) is 0. The summed E-state index contributed by atoms with van der Waals surface area (Å²) in [5.41, 5.74) is -0.181. The van der Waals surface area contributed by atoms with Crippen LogP contribution in [-0.2, 0) is 0 Å². The average Bonchev–Trinajstić information content (AvgIpc) is 2.50. The van der Waals surface area contributed by atoms with E-state index in [0.29, 0.717) is 12.1 Å². The van der Waals surface area contributed by atoms with Crippen molar-refractivity contribution >= 4 is 5.52 Å². The highest BCUT2D eigenvalue weighted by Crippen LogP contribution is 2.36. The van der Waals surface area contributed by atoms with Crippen LogP contribution in [0.25, 0.3) is 5.52 Å². The normalized spacial score (nSPS) is 20.4. The molecular weight excluding hydrogens is 296 g/mol. The fraction of sp³-hybridized carbons (Fsp3) is 0.529. The van der Waals surface area contributed by atoms with Crippen LogP contribution in [0.2, 0.25) is 0 Å². The van der Waals surface area contributed by atoms with Gasteiger partial charge in [-0.05, 0) is 25.2 Å². The second-order valence-electron chi connectivity index (χ2n) is 6.15. The maximum Gasteiger partial charge on any atom is 0.279 e. The maximum atomic E-state index is 12.8. The van der Waals surface area contributed by atoms with Gasteiger partial charge in [0.1, 0.15) is 0 Å². The monoisotopic (exact) mass is 318 g/mol. The van der Waals surface area contributed by atoms with Gasteiger partial charge in [-0.3, -0.25) is 9.59 Å². The van der Waals surface area contributed by atoms with Crippen molar-refractivity contribution in [3.8, 4) is 5.75 Å². The summed E-state index contributed by atoms with van der Waals surface area (Å²) in [5.74, 6) is 0.402. The zero-order chi connectivity index (χ0) is 16.4. The Bertz CT molecular complexity index is 802. The van der Waals surface area contributed by atoms with E-state index < -0.39 is 0 Å². The number of rotatable bonds is 6. The van der Waals surface area contributed by atoms with Crippen LogP contribution in [0.5, 0.6) is 5.75 Å². The molecule has 0 spiro atoms. The first kappa shape index (κ1) is 15.8. The minimum Gasteiger partial charge on any atom is -0.487 e. The highest BCUT2D eigenvalue weighted by Gasteiger charge is 2.31. The van der Waals surface area contributed by atoms with E-state index in [1.54, 1.807) is 27.6 Å². The van der Waals surface area contributed by atoms with Crippen molar-refractivity contribution in [2.75, 3.05) is 13.2 Å². The van der Waals surface area contributed by atoms with Crippen LogP contribution in [-0.4, -0.2) is 27.3 Å². The van der Waals surface area contributed by atoms with E-state index in [1.807, 2.05) is 6.92 Å². The molecule has 0 radical (unpaired) electrons. The molecule has 0 bridgehead atoms. The summed E-state index contributed by atoms with van der Waals surface area (Å²) in [5, 5.41) is 9.14. The number of aromatic nitrogens is 2. The van der Waals surface area contributed by atoms with Gasteiger partial charge in [0.25, 0.3) is 5.56 Å². The molecule has 1 N–H and O–H groups in total. The molecule has 3 rings (SSSR count). The van der Waals surface area contributed by atoms with Crippen LogP contribution >= 0.6 is 0 Å². The van der Waals surface area contributed by atoms with Crippen molar-refractivity contribution in [1.29, 1.82) is 0 Å². The Morgan fingerprint density at radius 2 is 2.04 bits per heavy atom. The van der Waals surface area contributed by atoms with Gasteiger partial charge in [0.2, 0.25) is 5.43 Å². The molecule has 124 valence electrons. The Morgan fingerprint density at radius 1 is 1.26 bits per heavy atom. The zero-order valence-corrected chi connectivity index (χ0v) is 13.3. The molecule has 6 heteroatoms. The number of fused-ring (bicyclic) bond motifs is 1. The van der Waals surface area contributed by atoms with Crippen LogP contribution in [0.15, 0.2) is 34.2 Å². The lowest BCUT2D eigenvalue weighted by Crippen LogP contribution is -2.36. The topological polar surface area (TPSA) is 72.9 Å². The Morgan fingerprint density at radius 3 is 2.74 bits per heavy atom. The number of unbranched alkanes of at least 4 members (excludes halogenated alkanes) is 1. The fourth-order valence-corrected chi connectivity index (χ4v) is 3.02. The third-order valence-corrected chi connectivity index (χ3v) is 4.52. The van der Waals surface area contributed by atoms with Gasteiger partial charge in [0.05, 0.1) is 6.61 Å². The first-order chi connectivity index (χ1) is 11.2. The van der Waals surface area contributed by atoms with E-state index in [9.17, 15) is 9.59 Å². The molecule has 1 fully saturated rings. The Hall–Kier alpha value is -2.08. The number of ether oxygens (including phenoxy) is 1. The SMILES string of the molecule is CCCCOc1c(=O)ccn2ccn(C3CC(CO)C3)c(=O)c12. The molecule has 1 aliphatic carbocycles. The number of nitrogens with zero attached hydrogens (tertiary/aromatic N) is 2. The first-order valence-electron chi connectivity index (χ1n) is 8.15. The van der Waals surface area contributed by atoms with Gasteiger partial charge < -0.3 is 18.8 Å². The molecule has 0 aliphatic heterocycles. The van der Waals surface area contributed by atoms with Gasteiger partial charge in [0, 0.05) is 37.3 Å². The van der Waals surface area contributed by atoms with E-state index in [-0.39, 0.29) is 35.3 Å². The van der Waals surface area contributed by atoms with Gasteiger partial charge in [0.15, 0.2) is 11.3 Å². The molecule has 1 saturated carbocycles. The lowest BCUT2D eigenvalue weighted by molar-refractivity contribution is 0.110. The smallest absolute Gasteiger partial charge is 0.279 e. The minimum atomic E-state index is -0.266. The van der Waals surface area contributed by atoms with Crippen LogP contribution in [0.1, 0.15) is 38.6 Å². The summed E-state index contributed by atoms with van der Waals surface area (Å²) in [6.45, 7) is 2.62. The molecule has 2 aromatic rings. The lowest BCUT2D eigenvalue weighted by Gasteiger charge is -2.35. The zero-order valence-electron chi connectivity index (χ0n) is 13.3. The summed E-state index contributed by atoms with van der Waals surface area (Å²) in [6, 6.07) is 1.51. The van der Waals surface area contributed by atoms with Gasteiger partial charge in [-0.15, -0.1) is 0 Å². The van der Waals surface area contributed by atoms with Gasteiger partial charge in [-0.1, -0.05) is 13.3 Å². The van der Waals surface area contributed by atoms with E-state index >= 15 is 0 Å². The van der Waals surface area contributed by atoms with Crippen LogP contribution < -0.4 is 15.7 Å². The molecule has 6 nitrogen and oxygen atoms in total. The molecule has 1 aliphatic rings. The molecule has 23 heavy (non-hydrogen) atoms. The predicted molar refractivity (Wildman–Crippen MR) is 87.2 cm³/mol. The van der Waals surface area contributed by atoms with Crippen LogP contribution in [0.4, 0.5) is 0 Å². The van der Waals surface area contributed by atoms with Gasteiger partial charge >= 0.3 is 0 Å². The lowest BCUT2D eigenvalue weighted by atomic mass is 9.81. The van der Waals surface area contributed by atoms with E-state index in [2.05, 4.69) is 0 Å². The van der Waals surface area contributed by atoms with Crippen molar-refractivity contribution in [3.63, 3.8) is 0 Å². The predicted octanol–water partition coefficient (Wildman–Crippen LogP) is 1.58. The second-order valence-corrected chi connectivity index (χ2v) is 6.15. The van der Waals surface area contributed by atoms with Crippen LogP contribution in [0, 0.1) is 5.92 Å².